The molecule has 1 heterocycles. The van der Waals surface area contributed by atoms with E-state index in [9.17, 15) is 9.90 Å². The summed E-state index contributed by atoms with van der Waals surface area (Å²) >= 11 is 0. The molecule has 1 aliphatic carbocycles. The Balaban J connectivity index is 2.57. The van der Waals surface area contributed by atoms with Crippen molar-refractivity contribution < 1.29 is 9.90 Å². The Bertz CT molecular complexity index is 785. The molecular weight excluding hydrogens is 359 g/mol. The minimum Gasteiger partial charge on any atom is -0.394 e. The van der Waals surface area contributed by atoms with Crippen LogP contribution in [-0.4, -0.2) is 85.1 Å². The van der Waals surface area contributed by atoms with Gasteiger partial charge in [0, 0.05) is 17.2 Å². The number of carbonyl (C=O) groups excluding carboxylic acids is 1. The molecule has 6 atom stereocenters. The van der Waals surface area contributed by atoms with Crippen LogP contribution in [-0.2, 0) is 0 Å². The third-order valence-corrected chi connectivity index (χ3v) is 7.26. The first kappa shape index (κ1) is 23.8. The molecule has 0 radical (unpaired) electrons. The van der Waals surface area contributed by atoms with E-state index < -0.39 is 17.4 Å². The Labute approximate surface area is 180 Å². The van der Waals surface area contributed by atoms with Gasteiger partial charge in [0.1, 0.15) is 45.0 Å². The molecule has 7 nitrogen and oxygen atoms in total. The molecule has 1 fully saturated rings. The van der Waals surface area contributed by atoms with E-state index in [1.54, 1.807) is 7.85 Å². The highest BCUT2D eigenvalue weighted by Gasteiger charge is 2.54. The minimum absolute atomic E-state index is 0.0706. The fourth-order valence-electron chi connectivity index (χ4n) is 4.65. The molecule has 0 saturated heterocycles. The van der Waals surface area contributed by atoms with Crippen molar-refractivity contribution in [2.24, 2.45) is 5.73 Å². The zero-order valence-electron chi connectivity index (χ0n) is 19.6. The smallest absolute Gasteiger partial charge is 0.253 e. The van der Waals surface area contributed by atoms with Crippen LogP contribution in [0.2, 0.25) is 22.8 Å². The van der Waals surface area contributed by atoms with Gasteiger partial charge in [-0.25, -0.2) is 4.98 Å². The number of hydrogen-bond acceptors (Lipinski definition) is 6. The maximum absolute atomic E-state index is 12.2. The van der Waals surface area contributed by atoms with Crippen molar-refractivity contribution in [2.75, 3.05) is 10.6 Å². The average Bonchev–Trinajstić information content (AvgIpc) is 2.55. The number of hydrogen-bond donors (Lipinski definition) is 4. The van der Waals surface area contributed by atoms with Crippen LogP contribution in [0.4, 0.5) is 11.8 Å². The highest BCUT2D eigenvalue weighted by atomic mass is 16.3. The van der Waals surface area contributed by atoms with Gasteiger partial charge in [-0.2, -0.15) is 4.98 Å². The molecule has 29 heavy (non-hydrogen) atoms. The summed E-state index contributed by atoms with van der Waals surface area (Å²) in [6.45, 7) is 8.18. The van der Waals surface area contributed by atoms with Crippen molar-refractivity contribution in [1.82, 2.24) is 9.97 Å². The van der Waals surface area contributed by atoms with Gasteiger partial charge in [-0.3, -0.25) is 4.79 Å². The number of aliphatic hydroxyl groups excluding tert-OH is 1. The van der Waals surface area contributed by atoms with E-state index in [2.05, 4.69) is 58.9 Å². The van der Waals surface area contributed by atoms with Crippen LogP contribution >= 0.6 is 0 Å². The van der Waals surface area contributed by atoms with Crippen molar-refractivity contribution in [3.05, 3.63) is 5.56 Å². The second kappa shape index (κ2) is 7.64. The Morgan fingerprint density at radius 2 is 1.69 bits per heavy atom. The molecule has 1 aromatic rings. The summed E-state index contributed by atoms with van der Waals surface area (Å²) in [5.41, 5.74) is 5.77. The van der Waals surface area contributed by atoms with Crippen molar-refractivity contribution in [1.29, 1.82) is 0 Å². The Hall–Kier alpha value is -1.50. The van der Waals surface area contributed by atoms with E-state index in [0.29, 0.717) is 17.4 Å². The summed E-state index contributed by atoms with van der Waals surface area (Å²) in [7, 11) is 12.4. The lowest BCUT2D eigenvalue weighted by molar-refractivity contribution is 0.0787. The zero-order chi connectivity index (χ0) is 22.5. The normalized spacial score (nSPS) is 35.1. The summed E-state index contributed by atoms with van der Waals surface area (Å²) in [6.07, 6.45) is -0.502. The van der Waals surface area contributed by atoms with Gasteiger partial charge in [0.05, 0.1) is 5.56 Å². The molecule has 1 aromatic heterocycles. The van der Waals surface area contributed by atoms with Gasteiger partial charge in [0.2, 0.25) is 5.95 Å². The van der Waals surface area contributed by atoms with Crippen LogP contribution in [0.5, 0.6) is 0 Å². The monoisotopic (exact) mass is 393 g/mol. The van der Waals surface area contributed by atoms with E-state index in [1.807, 2.05) is 28.6 Å². The molecule has 152 valence electrons. The van der Waals surface area contributed by atoms with E-state index in [-0.39, 0.29) is 33.9 Å². The van der Waals surface area contributed by atoms with Crippen LogP contribution in [0.1, 0.15) is 38.1 Å². The number of anilines is 2. The van der Waals surface area contributed by atoms with E-state index in [1.165, 1.54) is 0 Å². The van der Waals surface area contributed by atoms with Gasteiger partial charge < -0.3 is 21.5 Å². The number of amides is 1. The molecule has 1 saturated carbocycles. The second-order valence-electron chi connectivity index (χ2n) is 10.6. The summed E-state index contributed by atoms with van der Waals surface area (Å²) in [5, 5.41) is 17.6. The lowest BCUT2D eigenvalue weighted by Gasteiger charge is -2.59. The molecule has 2 rings (SSSR count). The van der Waals surface area contributed by atoms with Crippen molar-refractivity contribution in [3.63, 3.8) is 0 Å². The van der Waals surface area contributed by atoms with Crippen molar-refractivity contribution >= 4 is 70.3 Å². The Kier molecular flexibility index (Phi) is 6.26. The van der Waals surface area contributed by atoms with Gasteiger partial charge in [-0.1, -0.05) is 18.6 Å². The summed E-state index contributed by atoms with van der Waals surface area (Å²) < 4.78 is 0. The van der Waals surface area contributed by atoms with Gasteiger partial charge in [0.25, 0.3) is 5.91 Å². The summed E-state index contributed by atoms with van der Waals surface area (Å²) in [5.74, 6) is 0.678. The summed E-state index contributed by atoms with van der Waals surface area (Å²) in [6, 6.07) is 0. The van der Waals surface area contributed by atoms with Crippen LogP contribution < -0.4 is 22.0 Å². The number of aliphatic hydroxyl groups is 1. The minimum atomic E-state index is -0.569. The fourth-order valence-corrected chi connectivity index (χ4v) is 4.65. The molecule has 13 heteroatoms. The molecule has 6 unspecified atom stereocenters. The van der Waals surface area contributed by atoms with Gasteiger partial charge >= 0.3 is 0 Å². The maximum Gasteiger partial charge on any atom is 0.253 e. The molecule has 0 bridgehead atoms. The first-order valence-electron chi connectivity index (χ1n) is 10.4. The largest absolute Gasteiger partial charge is 0.394 e. The zero-order valence-corrected chi connectivity index (χ0v) is 19.6. The lowest BCUT2D eigenvalue weighted by Crippen LogP contribution is -2.60. The molecule has 1 amide bonds. The molecule has 1 aliphatic rings. The van der Waals surface area contributed by atoms with E-state index in [4.69, 9.17) is 5.73 Å². The van der Waals surface area contributed by atoms with Crippen LogP contribution in [0.15, 0.2) is 0 Å². The van der Waals surface area contributed by atoms with E-state index >= 15 is 0 Å². The van der Waals surface area contributed by atoms with Gasteiger partial charge in [-0.15, -0.1) is 0 Å². The SMILES string of the molecule is Bc1nc(NC(C)(C)C)nc(NC2(B)C(B)C(B)C(B)(C)C(O)C2B)c1C(N)=O. The first-order chi connectivity index (χ1) is 13.0. The third kappa shape index (κ3) is 4.35. The highest BCUT2D eigenvalue weighted by molar-refractivity contribution is 6.38. The number of nitrogens with zero attached hydrogens (tertiary/aromatic N) is 2. The van der Waals surface area contributed by atoms with Gasteiger partial charge in [0.15, 0.2) is 7.85 Å². The number of aromatic nitrogens is 2. The maximum atomic E-state index is 12.2. The molecule has 0 spiro atoms. The number of rotatable bonds is 4. The standard InChI is InChI=1S/C16H33B6N5O2/c1-14(2,3)27-13-24-10(20)5(11(23)29)12(25-13)26-16(22)7(18)6(17)15(4,21)9(28)8(16)19/h6-9,28H,17-22H2,1-4H3,(H2,23,29)(H2,24,25,26,27). The first-order valence-corrected chi connectivity index (χ1v) is 10.4. The predicted octanol–water partition coefficient (Wildman–Crippen LogP) is -4.76. The van der Waals surface area contributed by atoms with Crippen molar-refractivity contribution in [3.8, 4) is 0 Å². The van der Waals surface area contributed by atoms with Crippen LogP contribution in [0, 0.1) is 0 Å². The van der Waals surface area contributed by atoms with Gasteiger partial charge in [-0.05, 0) is 37.3 Å². The number of nitrogens with two attached hydrogens (primary N) is 1. The molecule has 0 aliphatic heterocycles. The second-order valence-corrected chi connectivity index (χ2v) is 10.6. The molecule has 0 aromatic carbocycles. The number of nitrogens with one attached hydrogen (secondary N) is 2. The van der Waals surface area contributed by atoms with Crippen LogP contribution in [0.25, 0.3) is 0 Å². The Morgan fingerprint density at radius 1 is 1.14 bits per heavy atom. The highest BCUT2D eigenvalue weighted by Crippen LogP contribution is 2.59. The third-order valence-electron chi connectivity index (χ3n) is 7.26. The predicted molar refractivity (Wildman–Crippen MR) is 137 cm³/mol. The topological polar surface area (TPSA) is 113 Å². The molecule has 5 N–H and O–H groups in total. The van der Waals surface area contributed by atoms with Crippen molar-refractivity contribution in [2.45, 2.75) is 67.5 Å². The number of carbonyl (C=O) groups is 1. The molecular formula is C16H33B6N5O2. The summed E-state index contributed by atoms with van der Waals surface area (Å²) in [4.78, 5) is 21.3. The fraction of sp³-hybridized carbons (Fsp3) is 0.688. The Morgan fingerprint density at radius 3 is 2.17 bits per heavy atom. The van der Waals surface area contributed by atoms with E-state index in [0.717, 1.165) is 0 Å². The lowest BCUT2D eigenvalue weighted by atomic mass is 9.31. The van der Waals surface area contributed by atoms with Crippen LogP contribution in [0.3, 0.4) is 0 Å². The quantitative estimate of drug-likeness (QED) is 0.383. The average molecular weight is 392 g/mol. The number of primary amides is 1.